The molecule has 1 N–H and O–H groups in total. The summed E-state index contributed by atoms with van der Waals surface area (Å²) in [5.41, 5.74) is 2.83. The minimum atomic E-state index is 0. The van der Waals surface area contributed by atoms with Gasteiger partial charge in [0.05, 0.1) is 18.1 Å². The Hall–Kier alpha value is -1.98. The summed E-state index contributed by atoms with van der Waals surface area (Å²) in [5, 5.41) is 9.22. The van der Waals surface area contributed by atoms with Gasteiger partial charge in [-0.05, 0) is 24.3 Å². The van der Waals surface area contributed by atoms with Crippen LogP contribution in [0.5, 0.6) is 5.75 Å². The van der Waals surface area contributed by atoms with Crippen LogP contribution in [0.1, 0.15) is 0 Å². The molecule has 0 bridgehead atoms. The average Bonchev–Trinajstić information content (AvgIpc) is 2.39. The molecule has 0 aliphatic rings. The standard InChI is InChI=1S/C12H8N4O.2ClH/c17-9-3-1-8(2-4-9)10-6-14-11-5-13-7-15-12(11)16-10;;/h1-7,17H;2*1H. The first-order chi connectivity index (χ1) is 8.33. The summed E-state index contributed by atoms with van der Waals surface area (Å²) < 4.78 is 0. The molecule has 0 unspecified atom stereocenters. The van der Waals surface area contributed by atoms with E-state index in [-0.39, 0.29) is 30.6 Å². The molecule has 0 radical (unpaired) electrons. The van der Waals surface area contributed by atoms with Crippen molar-refractivity contribution in [3.63, 3.8) is 0 Å². The number of nitrogens with zero attached hydrogens (tertiary/aromatic N) is 4. The third kappa shape index (κ3) is 3.07. The quantitative estimate of drug-likeness (QED) is 0.747. The molecule has 0 spiro atoms. The minimum absolute atomic E-state index is 0. The maximum Gasteiger partial charge on any atom is 0.181 e. The van der Waals surface area contributed by atoms with E-state index in [0.29, 0.717) is 11.2 Å². The van der Waals surface area contributed by atoms with E-state index in [1.54, 1.807) is 36.7 Å². The minimum Gasteiger partial charge on any atom is -0.508 e. The van der Waals surface area contributed by atoms with Gasteiger partial charge in [-0.3, -0.25) is 0 Å². The summed E-state index contributed by atoms with van der Waals surface area (Å²) in [6, 6.07) is 6.79. The molecule has 0 saturated carbocycles. The summed E-state index contributed by atoms with van der Waals surface area (Å²) in [6.45, 7) is 0. The Labute approximate surface area is 121 Å². The predicted octanol–water partition coefficient (Wildman–Crippen LogP) is 2.64. The Bertz CT molecular complexity index is 676. The Morgan fingerprint density at radius 2 is 1.63 bits per heavy atom. The number of aromatic hydroxyl groups is 1. The fraction of sp³-hybridized carbons (Fsp3) is 0. The molecule has 0 atom stereocenters. The number of fused-ring (bicyclic) bond motifs is 1. The van der Waals surface area contributed by atoms with Gasteiger partial charge in [-0.2, -0.15) is 0 Å². The SMILES string of the molecule is Cl.Cl.Oc1ccc(-c2cnc3cncnc3n2)cc1. The van der Waals surface area contributed by atoms with Crippen LogP contribution in [0.2, 0.25) is 0 Å². The molecular formula is C12H10Cl2N4O. The van der Waals surface area contributed by atoms with Gasteiger partial charge in [0.25, 0.3) is 0 Å². The van der Waals surface area contributed by atoms with Crippen molar-refractivity contribution in [3.8, 4) is 17.0 Å². The normalized spacial score (nSPS) is 9.47. The van der Waals surface area contributed by atoms with Crippen LogP contribution in [-0.4, -0.2) is 25.0 Å². The monoisotopic (exact) mass is 296 g/mol. The lowest BCUT2D eigenvalue weighted by Crippen LogP contribution is -1.91. The number of hydrogen-bond acceptors (Lipinski definition) is 5. The first kappa shape index (κ1) is 15.1. The van der Waals surface area contributed by atoms with Gasteiger partial charge < -0.3 is 5.11 Å². The molecule has 0 fully saturated rings. The van der Waals surface area contributed by atoms with Gasteiger partial charge in [-0.1, -0.05) is 0 Å². The van der Waals surface area contributed by atoms with Crippen LogP contribution in [0.4, 0.5) is 0 Å². The zero-order valence-corrected chi connectivity index (χ0v) is 11.2. The van der Waals surface area contributed by atoms with Crippen molar-refractivity contribution in [1.82, 2.24) is 19.9 Å². The van der Waals surface area contributed by atoms with E-state index in [0.717, 1.165) is 11.3 Å². The maximum absolute atomic E-state index is 9.22. The van der Waals surface area contributed by atoms with Crippen LogP contribution in [0, 0.1) is 0 Å². The smallest absolute Gasteiger partial charge is 0.181 e. The van der Waals surface area contributed by atoms with E-state index in [4.69, 9.17) is 0 Å². The van der Waals surface area contributed by atoms with Crippen LogP contribution >= 0.6 is 24.8 Å². The van der Waals surface area contributed by atoms with E-state index in [1.165, 1.54) is 6.33 Å². The van der Waals surface area contributed by atoms with Crippen LogP contribution in [-0.2, 0) is 0 Å². The molecule has 3 aromatic rings. The van der Waals surface area contributed by atoms with E-state index in [9.17, 15) is 5.11 Å². The fourth-order valence-corrected chi connectivity index (χ4v) is 1.54. The molecule has 2 aromatic heterocycles. The molecule has 2 heterocycles. The first-order valence-corrected chi connectivity index (χ1v) is 5.05. The van der Waals surface area contributed by atoms with E-state index in [1.807, 2.05) is 0 Å². The van der Waals surface area contributed by atoms with Crippen LogP contribution in [0.25, 0.3) is 22.4 Å². The van der Waals surface area contributed by atoms with Gasteiger partial charge in [0.15, 0.2) is 5.65 Å². The van der Waals surface area contributed by atoms with Gasteiger partial charge >= 0.3 is 0 Å². The third-order valence-electron chi connectivity index (χ3n) is 2.39. The second-order valence-corrected chi connectivity index (χ2v) is 3.53. The van der Waals surface area contributed by atoms with Gasteiger partial charge in [0, 0.05) is 5.56 Å². The van der Waals surface area contributed by atoms with Crippen LogP contribution in [0.15, 0.2) is 43.0 Å². The molecule has 1 aromatic carbocycles. The zero-order valence-electron chi connectivity index (χ0n) is 9.59. The van der Waals surface area contributed by atoms with Crippen molar-refractivity contribution in [2.24, 2.45) is 0 Å². The van der Waals surface area contributed by atoms with Gasteiger partial charge in [-0.15, -0.1) is 24.8 Å². The molecule has 98 valence electrons. The largest absolute Gasteiger partial charge is 0.508 e. The van der Waals surface area contributed by atoms with E-state index in [2.05, 4.69) is 19.9 Å². The third-order valence-corrected chi connectivity index (χ3v) is 2.39. The average molecular weight is 297 g/mol. The highest BCUT2D eigenvalue weighted by Crippen LogP contribution is 2.20. The molecule has 7 heteroatoms. The highest BCUT2D eigenvalue weighted by atomic mass is 35.5. The van der Waals surface area contributed by atoms with Crippen molar-refractivity contribution in [3.05, 3.63) is 43.0 Å². The second-order valence-electron chi connectivity index (χ2n) is 3.53. The first-order valence-electron chi connectivity index (χ1n) is 5.05. The summed E-state index contributed by atoms with van der Waals surface area (Å²) in [4.78, 5) is 16.5. The fourth-order valence-electron chi connectivity index (χ4n) is 1.54. The summed E-state index contributed by atoms with van der Waals surface area (Å²) >= 11 is 0. The molecule has 5 nitrogen and oxygen atoms in total. The zero-order chi connectivity index (χ0) is 11.7. The second kappa shape index (κ2) is 6.26. The van der Waals surface area contributed by atoms with Crippen molar-refractivity contribution in [2.45, 2.75) is 0 Å². The Morgan fingerprint density at radius 3 is 2.37 bits per heavy atom. The molecule has 3 rings (SSSR count). The van der Waals surface area contributed by atoms with Crippen LogP contribution in [0.3, 0.4) is 0 Å². The topological polar surface area (TPSA) is 71.8 Å². The summed E-state index contributed by atoms with van der Waals surface area (Å²) in [5.74, 6) is 0.227. The van der Waals surface area contributed by atoms with Crippen molar-refractivity contribution < 1.29 is 5.11 Å². The summed E-state index contributed by atoms with van der Waals surface area (Å²) in [6.07, 6.45) is 4.73. The van der Waals surface area contributed by atoms with Crippen molar-refractivity contribution >= 4 is 36.0 Å². The molecular weight excluding hydrogens is 287 g/mol. The predicted molar refractivity (Wildman–Crippen MR) is 76.7 cm³/mol. The molecule has 0 aliphatic heterocycles. The highest BCUT2D eigenvalue weighted by molar-refractivity contribution is 5.85. The van der Waals surface area contributed by atoms with E-state index < -0.39 is 0 Å². The Balaban J connectivity index is 0.000000902. The van der Waals surface area contributed by atoms with Crippen LogP contribution < -0.4 is 0 Å². The van der Waals surface area contributed by atoms with Gasteiger partial charge in [0.2, 0.25) is 0 Å². The molecule has 0 saturated heterocycles. The highest BCUT2D eigenvalue weighted by Gasteiger charge is 2.03. The molecule has 19 heavy (non-hydrogen) atoms. The number of rotatable bonds is 1. The lowest BCUT2D eigenvalue weighted by molar-refractivity contribution is 0.475. The number of phenolic OH excluding ortho intramolecular Hbond substituents is 1. The molecule has 0 aliphatic carbocycles. The van der Waals surface area contributed by atoms with Crippen molar-refractivity contribution in [1.29, 1.82) is 0 Å². The Kier molecular flexibility index (Phi) is 4.97. The Morgan fingerprint density at radius 1 is 0.895 bits per heavy atom. The molecule has 0 amide bonds. The number of hydrogen-bond donors (Lipinski definition) is 1. The lowest BCUT2D eigenvalue weighted by Gasteiger charge is -2.01. The number of benzene rings is 1. The lowest BCUT2D eigenvalue weighted by atomic mass is 10.1. The van der Waals surface area contributed by atoms with E-state index >= 15 is 0 Å². The van der Waals surface area contributed by atoms with Gasteiger partial charge in [-0.25, -0.2) is 19.9 Å². The summed E-state index contributed by atoms with van der Waals surface area (Å²) in [7, 11) is 0. The maximum atomic E-state index is 9.22. The number of aromatic nitrogens is 4. The number of halogens is 2. The van der Waals surface area contributed by atoms with Crippen molar-refractivity contribution in [2.75, 3.05) is 0 Å². The van der Waals surface area contributed by atoms with Gasteiger partial charge in [0.1, 0.15) is 17.6 Å². The number of phenols is 1.